The summed E-state index contributed by atoms with van der Waals surface area (Å²) in [6, 6.07) is 16.0. The van der Waals surface area contributed by atoms with Gasteiger partial charge in [-0.15, -0.1) is 0 Å². The molecule has 0 saturated carbocycles. The lowest BCUT2D eigenvalue weighted by Gasteiger charge is -2.28. The van der Waals surface area contributed by atoms with Gasteiger partial charge in [0.1, 0.15) is 0 Å². The Bertz CT molecular complexity index is 665. The molecule has 0 aromatic heterocycles. The van der Waals surface area contributed by atoms with Gasteiger partial charge in [0, 0.05) is 35.4 Å². The molecular weight excluding hydrogens is 368 g/mol. The van der Waals surface area contributed by atoms with Crippen molar-refractivity contribution in [3.05, 3.63) is 64.1 Å². The molecule has 1 N–H and O–H groups in total. The van der Waals surface area contributed by atoms with E-state index in [0.29, 0.717) is 12.1 Å². The topological polar surface area (TPSA) is 41.6 Å². The molecule has 1 aliphatic rings. The number of morpholine rings is 1. The maximum absolute atomic E-state index is 12.1. The number of hydrogen-bond donors (Lipinski definition) is 1. The molecule has 0 atom stereocenters. The Balaban J connectivity index is 1.48. The first-order valence-corrected chi connectivity index (χ1v) is 8.97. The first kappa shape index (κ1) is 17.0. The molecule has 0 unspecified atom stereocenters. The summed E-state index contributed by atoms with van der Waals surface area (Å²) in [7, 11) is 0. The monoisotopic (exact) mass is 388 g/mol. The minimum atomic E-state index is -0.0348. The number of rotatable bonds is 5. The normalized spacial score (nSPS) is 14.5. The maximum atomic E-state index is 12.1. The third-order valence-corrected chi connectivity index (χ3v) is 4.65. The van der Waals surface area contributed by atoms with Crippen molar-refractivity contribution in [2.24, 2.45) is 0 Å². The number of anilines is 1. The molecule has 126 valence electrons. The number of nitrogens with zero attached hydrogens (tertiary/aromatic N) is 1. The highest BCUT2D eigenvalue weighted by molar-refractivity contribution is 9.10. The van der Waals surface area contributed by atoms with Gasteiger partial charge in [-0.05, 0) is 48.4 Å². The fourth-order valence-electron chi connectivity index (χ4n) is 2.72. The predicted molar refractivity (Wildman–Crippen MR) is 99.7 cm³/mol. The largest absolute Gasteiger partial charge is 0.378 e. The van der Waals surface area contributed by atoms with Crippen LogP contribution in [0.4, 0.5) is 5.69 Å². The van der Waals surface area contributed by atoms with Gasteiger partial charge in [-0.3, -0.25) is 4.79 Å². The van der Waals surface area contributed by atoms with Crippen molar-refractivity contribution in [2.45, 2.75) is 6.42 Å². The van der Waals surface area contributed by atoms with E-state index >= 15 is 0 Å². The van der Waals surface area contributed by atoms with E-state index in [2.05, 4.69) is 50.4 Å². The van der Waals surface area contributed by atoms with Gasteiger partial charge < -0.3 is 15.0 Å². The van der Waals surface area contributed by atoms with Crippen molar-refractivity contribution in [2.75, 3.05) is 37.7 Å². The van der Waals surface area contributed by atoms with Crippen molar-refractivity contribution in [1.82, 2.24) is 5.32 Å². The quantitative estimate of drug-likeness (QED) is 0.854. The highest BCUT2D eigenvalue weighted by Gasteiger charge is 2.10. The van der Waals surface area contributed by atoms with Gasteiger partial charge in [0.2, 0.25) is 0 Å². The molecule has 1 aliphatic heterocycles. The second-order valence-electron chi connectivity index (χ2n) is 5.78. The van der Waals surface area contributed by atoms with Crippen LogP contribution in [0, 0.1) is 0 Å². The van der Waals surface area contributed by atoms with Gasteiger partial charge in [0.25, 0.3) is 5.91 Å². The highest BCUT2D eigenvalue weighted by atomic mass is 79.9. The molecule has 1 saturated heterocycles. The summed E-state index contributed by atoms with van der Waals surface area (Å²) in [6.45, 7) is 4.12. The predicted octanol–water partition coefficient (Wildman–Crippen LogP) is 3.26. The molecule has 3 rings (SSSR count). The summed E-state index contributed by atoms with van der Waals surface area (Å²) in [4.78, 5) is 14.4. The number of amides is 1. The lowest BCUT2D eigenvalue weighted by molar-refractivity contribution is 0.0954. The standard InChI is InChI=1S/C19H21BrN2O2/c20-17-5-3-16(4-6-17)19(23)21-10-9-15-1-7-18(8-2-15)22-11-13-24-14-12-22/h1-8H,9-14H2,(H,21,23). The Morgan fingerprint density at radius 3 is 2.38 bits per heavy atom. The van der Waals surface area contributed by atoms with Gasteiger partial charge >= 0.3 is 0 Å². The average Bonchev–Trinajstić information content (AvgIpc) is 2.63. The molecular formula is C19H21BrN2O2. The molecule has 1 heterocycles. The average molecular weight is 389 g/mol. The van der Waals surface area contributed by atoms with Crippen molar-refractivity contribution in [3.63, 3.8) is 0 Å². The smallest absolute Gasteiger partial charge is 0.251 e. The third-order valence-electron chi connectivity index (χ3n) is 4.12. The molecule has 4 nitrogen and oxygen atoms in total. The van der Waals surface area contributed by atoms with E-state index in [1.165, 1.54) is 11.3 Å². The molecule has 0 radical (unpaired) electrons. The van der Waals surface area contributed by atoms with Crippen LogP contribution in [0.15, 0.2) is 53.0 Å². The lowest BCUT2D eigenvalue weighted by Crippen LogP contribution is -2.36. The van der Waals surface area contributed by atoms with Crippen LogP contribution in [-0.4, -0.2) is 38.8 Å². The van der Waals surface area contributed by atoms with Gasteiger partial charge in [-0.1, -0.05) is 28.1 Å². The van der Waals surface area contributed by atoms with Crippen LogP contribution < -0.4 is 10.2 Å². The summed E-state index contributed by atoms with van der Waals surface area (Å²) in [5.41, 5.74) is 3.14. The number of carbonyl (C=O) groups excluding carboxylic acids is 1. The Kier molecular flexibility index (Phi) is 5.88. The zero-order valence-corrected chi connectivity index (χ0v) is 15.1. The molecule has 2 aromatic carbocycles. The van der Waals surface area contributed by atoms with E-state index in [0.717, 1.165) is 37.2 Å². The van der Waals surface area contributed by atoms with E-state index in [4.69, 9.17) is 4.74 Å². The second-order valence-corrected chi connectivity index (χ2v) is 6.69. The summed E-state index contributed by atoms with van der Waals surface area (Å²) in [6.07, 6.45) is 0.825. The number of halogens is 1. The van der Waals surface area contributed by atoms with E-state index in [1.807, 2.05) is 24.3 Å². The van der Waals surface area contributed by atoms with Crippen molar-refractivity contribution < 1.29 is 9.53 Å². The lowest BCUT2D eigenvalue weighted by atomic mass is 10.1. The summed E-state index contributed by atoms with van der Waals surface area (Å²) < 4.78 is 6.35. The highest BCUT2D eigenvalue weighted by Crippen LogP contribution is 2.17. The van der Waals surface area contributed by atoms with Crippen LogP contribution >= 0.6 is 15.9 Å². The third kappa shape index (κ3) is 4.58. The van der Waals surface area contributed by atoms with Gasteiger partial charge in [-0.25, -0.2) is 0 Å². The number of benzene rings is 2. The fraction of sp³-hybridized carbons (Fsp3) is 0.316. The molecule has 0 spiro atoms. The van der Waals surface area contributed by atoms with Crippen LogP contribution in [0.2, 0.25) is 0 Å². The Labute approximate surface area is 150 Å². The van der Waals surface area contributed by atoms with Crippen LogP contribution in [0.25, 0.3) is 0 Å². The molecule has 5 heteroatoms. The number of carbonyl (C=O) groups is 1. The number of hydrogen-bond acceptors (Lipinski definition) is 3. The Morgan fingerprint density at radius 1 is 1.04 bits per heavy atom. The van der Waals surface area contributed by atoms with Crippen LogP contribution in [0.1, 0.15) is 15.9 Å². The van der Waals surface area contributed by atoms with E-state index < -0.39 is 0 Å². The molecule has 1 amide bonds. The summed E-state index contributed by atoms with van der Waals surface area (Å²) >= 11 is 3.37. The first-order chi connectivity index (χ1) is 11.7. The van der Waals surface area contributed by atoms with Gasteiger partial charge in [0.15, 0.2) is 0 Å². The van der Waals surface area contributed by atoms with Gasteiger partial charge in [-0.2, -0.15) is 0 Å². The minimum absolute atomic E-state index is 0.0348. The molecule has 1 fully saturated rings. The molecule has 0 aliphatic carbocycles. The fourth-order valence-corrected chi connectivity index (χ4v) is 2.98. The summed E-state index contributed by atoms with van der Waals surface area (Å²) in [5, 5.41) is 2.96. The molecule has 2 aromatic rings. The van der Waals surface area contributed by atoms with E-state index in [-0.39, 0.29) is 5.91 Å². The van der Waals surface area contributed by atoms with Crippen LogP contribution in [0.3, 0.4) is 0 Å². The van der Waals surface area contributed by atoms with Crippen LogP contribution in [-0.2, 0) is 11.2 Å². The van der Waals surface area contributed by atoms with Crippen LogP contribution in [0.5, 0.6) is 0 Å². The first-order valence-electron chi connectivity index (χ1n) is 8.18. The zero-order chi connectivity index (χ0) is 16.8. The zero-order valence-electron chi connectivity index (χ0n) is 13.5. The number of ether oxygens (including phenoxy) is 1. The molecule has 0 bridgehead atoms. The van der Waals surface area contributed by atoms with Crippen molar-refractivity contribution in [3.8, 4) is 0 Å². The molecule has 24 heavy (non-hydrogen) atoms. The summed E-state index contributed by atoms with van der Waals surface area (Å²) in [5.74, 6) is -0.0348. The number of nitrogens with one attached hydrogen (secondary N) is 1. The van der Waals surface area contributed by atoms with Crippen molar-refractivity contribution in [1.29, 1.82) is 0 Å². The SMILES string of the molecule is O=C(NCCc1ccc(N2CCOCC2)cc1)c1ccc(Br)cc1. The van der Waals surface area contributed by atoms with Gasteiger partial charge in [0.05, 0.1) is 13.2 Å². The Morgan fingerprint density at radius 2 is 1.71 bits per heavy atom. The second kappa shape index (κ2) is 8.31. The van der Waals surface area contributed by atoms with E-state index in [1.54, 1.807) is 0 Å². The Hall–Kier alpha value is -1.85. The van der Waals surface area contributed by atoms with E-state index in [9.17, 15) is 4.79 Å². The van der Waals surface area contributed by atoms with Crippen molar-refractivity contribution >= 4 is 27.5 Å². The minimum Gasteiger partial charge on any atom is -0.378 e. The maximum Gasteiger partial charge on any atom is 0.251 e.